The lowest BCUT2D eigenvalue weighted by atomic mass is 9.84. The Hall–Kier alpha value is -2.24. The average Bonchev–Trinajstić information content (AvgIpc) is 2.97. The maximum absolute atomic E-state index is 12.5. The van der Waals surface area contributed by atoms with Gasteiger partial charge in [-0.1, -0.05) is 18.9 Å². The highest BCUT2D eigenvalue weighted by molar-refractivity contribution is 6.22. The molecule has 20 heavy (non-hydrogen) atoms. The molecule has 1 aromatic heterocycles. The number of carbonyl (C=O) groups is 3. The van der Waals surface area contributed by atoms with Crippen LogP contribution in [0.2, 0.25) is 0 Å². The van der Waals surface area contributed by atoms with Gasteiger partial charge in [-0.05, 0) is 25.0 Å². The van der Waals surface area contributed by atoms with E-state index in [9.17, 15) is 14.4 Å². The van der Waals surface area contributed by atoms with Crippen LogP contribution in [0.5, 0.6) is 0 Å². The molecule has 2 heterocycles. The lowest BCUT2D eigenvalue weighted by Gasteiger charge is -2.20. The van der Waals surface area contributed by atoms with E-state index in [1.807, 2.05) is 0 Å². The van der Waals surface area contributed by atoms with Crippen LogP contribution in [0, 0.1) is 5.41 Å². The largest absolute Gasteiger partial charge is 0.477 e. The zero-order valence-electron chi connectivity index (χ0n) is 10.8. The fourth-order valence-corrected chi connectivity index (χ4v) is 3.14. The van der Waals surface area contributed by atoms with E-state index in [4.69, 9.17) is 5.11 Å². The molecule has 3 rings (SSSR count). The smallest absolute Gasteiger partial charge is 0.354 e. The third-order valence-corrected chi connectivity index (χ3v) is 4.14. The Morgan fingerprint density at radius 2 is 1.95 bits per heavy atom. The van der Waals surface area contributed by atoms with Crippen molar-refractivity contribution in [3.63, 3.8) is 0 Å². The predicted octanol–water partition coefficient (Wildman–Crippen LogP) is 1.60. The number of hydrogen-bond donors (Lipinski definition) is 1. The standard InChI is InChI=1S/C14H14N2O4/c17-11-8-14(6-1-2-7-14)13(20)16(11)10-5-3-4-9(15-10)12(18)19/h3-5H,1-2,6-8H2,(H,18,19). The number of aromatic nitrogens is 1. The molecule has 2 amide bonds. The van der Waals surface area contributed by atoms with Crippen molar-refractivity contribution < 1.29 is 19.5 Å². The SMILES string of the molecule is O=C(O)c1cccc(N2C(=O)CC3(CCCC3)C2=O)n1. The number of anilines is 1. The van der Waals surface area contributed by atoms with Crippen molar-refractivity contribution in [3.05, 3.63) is 23.9 Å². The molecule has 0 unspecified atom stereocenters. The minimum atomic E-state index is -1.18. The van der Waals surface area contributed by atoms with E-state index in [0.717, 1.165) is 30.6 Å². The van der Waals surface area contributed by atoms with E-state index < -0.39 is 11.4 Å². The second kappa shape index (κ2) is 4.40. The highest BCUT2D eigenvalue weighted by atomic mass is 16.4. The van der Waals surface area contributed by atoms with Crippen molar-refractivity contribution in [1.82, 2.24) is 4.98 Å². The van der Waals surface area contributed by atoms with Crippen LogP contribution in [0.4, 0.5) is 5.82 Å². The first-order valence-corrected chi connectivity index (χ1v) is 6.61. The molecule has 6 heteroatoms. The zero-order valence-corrected chi connectivity index (χ0v) is 10.8. The van der Waals surface area contributed by atoms with Crippen LogP contribution in [0.3, 0.4) is 0 Å². The van der Waals surface area contributed by atoms with E-state index >= 15 is 0 Å². The molecule has 104 valence electrons. The molecule has 1 saturated heterocycles. The Kier molecular flexibility index (Phi) is 2.81. The molecule has 1 aliphatic heterocycles. The minimum Gasteiger partial charge on any atom is -0.477 e. The normalized spacial score (nSPS) is 20.9. The van der Waals surface area contributed by atoms with E-state index in [1.54, 1.807) is 0 Å². The molecule has 2 fully saturated rings. The van der Waals surface area contributed by atoms with E-state index in [-0.39, 0.29) is 29.7 Å². The van der Waals surface area contributed by atoms with Gasteiger partial charge in [0.15, 0.2) is 5.69 Å². The average molecular weight is 274 g/mol. The number of carboxylic acid groups (broad SMARTS) is 1. The van der Waals surface area contributed by atoms with Crippen molar-refractivity contribution in [2.45, 2.75) is 32.1 Å². The molecule has 2 aliphatic rings. The monoisotopic (exact) mass is 274 g/mol. The van der Waals surface area contributed by atoms with Crippen molar-refractivity contribution in [3.8, 4) is 0 Å². The first-order valence-electron chi connectivity index (χ1n) is 6.61. The maximum atomic E-state index is 12.5. The third-order valence-electron chi connectivity index (χ3n) is 4.14. The Balaban J connectivity index is 1.98. The molecular formula is C14H14N2O4. The predicted molar refractivity (Wildman–Crippen MR) is 69.2 cm³/mol. The van der Waals surface area contributed by atoms with Gasteiger partial charge in [-0.15, -0.1) is 0 Å². The van der Waals surface area contributed by atoms with Crippen molar-refractivity contribution in [2.24, 2.45) is 5.41 Å². The Labute approximate surface area is 115 Å². The second-order valence-electron chi connectivity index (χ2n) is 5.38. The van der Waals surface area contributed by atoms with Gasteiger partial charge in [0, 0.05) is 6.42 Å². The van der Waals surface area contributed by atoms with E-state index in [0.29, 0.717) is 0 Å². The first kappa shape index (κ1) is 12.8. The van der Waals surface area contributed by atoms with Crippen LogP contribution in [-0.2, 0) is 9.59 Å². The summed E-state index contributed by atoms with van der Waals surface area (Å²) in [6.07, 6.45) is 3.58. The highest BCUT2D eigenvalue weighted by Gasteiger charge is 2.53. The summed E-state index contributed by atoms with van der Waals surface area (Å²) in [5.74, 6) is -1.58. The van der Waals surface area contributed by atoms with Crippen LogP contribution in [0.1, 0.15) is 42.6 Å². The minimum absolute atomic E-state index is 0.115. The number of carboxylic acids is 1. The number of hydrogen-bond acceptors (Lipinski definition) is 4. The quantitative estimate of drug-likeness (QED) is 0.828. The topological polar surface area (TPSA) is 87.6 Å². The summed E-state index contributed by atoms with van der Waals surface area (Å²) >= 11 is 0. The number of nitrogens with zero attached hydrogens (tertiary/aromatic N) is 2. The molecule has 1 spiro atoms. The fraction of sp³-hybridized carbons (Fsp3) is 0.429. The van der Waals surface area contributed by atoms with Gasteiger partial charge in [0.1, 0.15) is 5.82 Å². The van der Waals surface area contributed by atoms with Gasteiger partial charge in [0.25, 0.3) is 0 Å². The van der Waals surface area contributed by atoms with Crippen molar-refractivity contribution >= 4 is 23.6 Å². The molecule has 1 aliphatic carbocycles. The molecule has 0 atom stereocenters. The Morgan fingerprint density at radius 3 is 2.60 bits per heavy atom. The van der Waals surface area contributed by atoms with Gasteiger partial charge < -0.3 is 5.11 Å². The number of carbonyl (C=O) groups excluding carboxylic acids is 2. The Bertz CT molecular complexity index is 605. The summed E-state index contributed by atoms with van der Waals surface area (Å²) in [5.41, 5.74) is -0.742. The van der Waals surface area contributed by atoms with Gasteiger partial charge in [-0.2, -0.15) is 0 Å². The van der Waals surface area contributed by atoms with E-state index in [2.05, 4.69) is 4.98 Å². The molecular weight excluding hydrogens is 260 g/mol. The highest BCUT2D eigenvalue weighted by Crippen LogP contribution is 2.47. The first-order chi connectivity index (χ1) is 9.53. The summed E-state index contributed by atoms with van der Waals surface area (Å²) in [5, 5.41) is 8.94. The fourth-order valence-electron chi connectivity index (χ4n) is 3.14. The van der Waals surface area contributed by atoms with Crippen molar-refractivity contribution in [1.29, 1.82) is 0 Å². The lowest BCUT2D eigenvalue weighted by Crippen LogP contribution is -2.35. The molecule has 0 radical (unpaired) electrons. The van der Waals surface area contributed by atoms with Gasteiger partial charge in [0.2, 0.25) is 11.8 Å². The van der Waals surface area contributed by atoms with Crippen LogP contribution in [0.25, 0.3) is 0 Å². The van der Waals surface area contributed by atoms with E-state index in [1.165, 1.54) is 18.2 Å². The number of amides is 2. The molecule has 1 aromatic rings. The Morgan fingerprint density at radius 1 is 1.25 bits per heavy atom. The van der Waals surface area contributed by atoms with Crippen LogP contribution in [0.15, 0.2) is 18.2 Å². The van der Waals surface area contributed by atoms with Gasteiger partial charge >= 0.3 is 5.97 Å². The van der Waals surface area contributed by atoms with Gasteiger partial charge in [0.05, 0.1) is 5.41 Å². The second-order valence-corrected chi connectivity index (χ2v) is 5.38. The molecule has 0 aromatic carbocycles. The van der Waals surface area contributed by atoms with Gasteiger partial charge in [-0.3, -0.25) is 9.59 Å². The summed E-state index contributed by atoms with van der Waals surface area (Å²) < 4.78 is 0. The summed E-state index contributed by atoms with van der Waals surface area (Å²) in [4.78, 5) is 40.6. The molecule has 0 bridgehead atoms. The molecule has 6 nitrogen and oxygen atoms in total. The lowest BCUT2D eigenvalue weighted by molar-refractivity contribution is -0.125. The summed E-state index contributed by atoms with van der Waals surface area (Å²) in [7, 11) is 0. The number of imide groups is 1. The maximum Gasteiger partial charge on any atom is 0.354 e. The van der Waals surface area contributed by atoms with Gasteiger partial charge in [-0.25, -0.2) is 14.7 Å². The summed E-state index contributed by atoms with van der Waals surface area (Å²) in [6, 6.07) is 4.32. The van der Waals surface area contributed by atoms with Crippen LogP contribution in [-0.4, -0.2) is 27.9 Å². The number of pyridine rings is 1. The summed E-state index contributed by atoms with van der Waals surface area (Å²) in [6.45, 7) is 0. The number of aromatic carboxylic acids is 1. The van der Waals surface area contributed by atoms with Crippen molar-refractivity contribution in [2.75, 3.05) is 4.90 Å². The van der Waals surface area contributed by atoms with Crippen LogP contribution < -0.4 is 4.90 Å². The van der Waals surface area contributed by atoms with Crippen LogP contribution >= 0.6 is 0 Å². The molecule has 1 N–H and O–H groups in total. The zero-order chi connectivity index (χ0) is 14.3. The third kappa shape index (κ3) is 1.79. The molecule has 1 saturated carbocycles. The number of rotatable bonds is 2.